The molecule has 0 saturated heterocycles. The first-order valence-corrected chi connectivity index (χ1v) is 17.7. The van der Waals surface area contributed by atoms with Gasteiger partial charge < -0.3 is 5.11 Å². The number of thiophene rings is 1. The molecule has 0 unspecified atom stereocenters. The van der Waals surface area contributed by atoms with Gasteiger partial charge in [0.25, 0.3) is 0 Å². The summed E-state index contributed by atoms with van der Waals surface area (Å²) in [4.78, 5) is 11.7. The number of allylic oxidation sites excluding steroid dienone is 2. The molecule has 5 rings (SSSR count). The maximum absolute atomic E-state index is 11.7. The van der Waals surface area contributed by atoms with Crippen LogP contribution in [0.3, 0.4) is 0 Å². The number of benzene rings is 3. The van der Waals surface area contributed by atoms with Crippen molar-refractivity contribution in [2.75, 3.05) is 0 Å². The van der Waals surface area contributed by atoms with Crippen LogP contribution >= 0.6 is 11.3 Å². The van der Waals surface area contributed by atoms with Crippen LogP contribution in [0.5, 0.6) is 0 Å². The van der Waals surface area contributed by atoms with Gasteiger partial charge in [0.15, 0.2) is 5.78 Å². The zero-order valence-electron chi connectivity index (χ0n) is 29.8. The van der Waals surface area contributed by atoms with E-state index in [0.29, 0.717) is 0 Å². The van der Waals surface area contributed by atoms with Crippen LogP contribution in [0.1, 0.15) is 96.5 Å². The Morgan fingerprint density at radius 3 is 2.15 bits per heavy atom. The van der Waals surface area contributed by atoms with Gasteiger partial charge in [-0.1, -0.05) is 80.5 Å². The first-order valence-electron chi connectivity index (χ1n) is 16.9. The van der Waals surface area contributed by atoms with Crippen molar-refractivity contribution in [2.24, 2.45) is 17.3 Å². The summed E-state index contributed by atoms with van der Waals surface area (Å²) >= 11 is 1.82. The number of ketones is 1. The Hall–Kier alpha value is -2.92. The molecule has 0 spiro atoms. The van der Waals surface area contributed by atoms with Crippen molar-refractivity contribution >= 4 is 48.1 Å². The van der Waals surface area contributed by atoms with E-state index < -0.39 is 0 Å². The minimum absolute atomic E-state index is 0. The van der Waals surface area contributed by atoms with E-state index in [4.69, 9.17) is 0 Å². The van der Waals surface area contributed by atoms with Crippen LogP contribution in [0.15, 0.2) is 54.3 Å². The molecule has 1 radical (unpaired) electrons. The smallest absolute Gasteiger partial charge is 0.162 e. The molecule has 0 fully saturated rings. The fraction of sp³-hybridized carbons (Fsp3) is 0.439. The minimum Gasteiger partial charge on any atom is -0.512 e. The van der Waals surface area contributed by atoms with Crippen molar-refractivity contribution in [3.63, 3.8) is 0 Å². The van der Waals surface area contributed by atoms with Crippen LogP contribution in [-0.4, -0.2) is 21.1 Å². The second kappa shape index (κ2) is 16.5. The van der Waals surface area contributed by atoms with Gasteiger partial charge in [-0.15, -0.1) is 46.2 Å². The molecule has 1 N–H and O–H groups in total. The largest absolute Gasteiger partial charge is 0.512 e. The maximum atomic E-state index is 11.7. The van der Waals surface area contributed by atoms with Crippen LogP contribution in [-0.2, 0) is 31.3 Å². The van der Waals surface area contributed by atoms with Crippen LogP contribution in [0.25, 0.3) is 42.2 Å². The summed E-state index contributed by atoms with van der Waals surface area (Å²) in [6.45, 7) is 21.2. The first-order chi connectivity index (χ1) is 21.8. The number of fused-ring (bicyclic) bond motifs is 4. The van der Waals surface area contributed by atoms with Crippen molar-refractivity contribution in [1.29, 1.82) is 0 Å². The molecule has 0 atom stereocenters. The predicted molar refractivity (Wildman–Crippen MR) is 198 cm³/mol. The quantitative estimate of drug-likeness (QED) is 0.0913. The van der Waals surface area contributed by atoms with Gasteiger partial charge in [-0.3, -0.25) is 4.79 Å². The third kappa shape index (κ3) is 9.37. The van der Waals surface area contributed by atoms with E-state index in [2.05, 4.69) is 100 Å². The van der Waals surface area contributed by atoms with Crippen molar-refractivity contribution in [3.8, 4) is 11.3 Å². The van der Waals surface area contributed by atoms with Gasteiger partial charge in [-0.2, -0.15) is 10.2 Å². The average molecular weight is 828 g/mol. The number of aliphatic hydroxyl groups excluding tert-OH is 1. The molecule has 0 aliphatic carbocycles. The van der Waals surface area contributed by atoms with E-state index in [9.17, 15) is 9.90 Å². The molecule has 253 valence electrons. The number of rotatable bonds is 9. The zero-order chi connectivity index (χ0) is 33.8. The molecule has 0 bridgehead atoms. The van der Waals surface area contributed by atoms with E-state index in [0.717, 1.165) is 54.6 Å². The molecule has 0 aliphatic heterocycles. The summed E-state index contributed by atoms with van der Waals surface area (Å²) < 4.78 is 2.49. The Kier molecular flexibility index (Phi) is 13.5. The fourth-order valence-electron chi connectivity index (χ4n) is 6.34. The van der Waals surface area contributed by atoms with Crippen LogP contribution < -0.4 is 0 Å². The standard InChI is InChI=1S/C28H27N2S.C13H24O2.Ir/c1-16-9-17(2)11-22(10-16)26-27-25(18(3)29-30-26)23-13-20-8-7-19(15-28(4,5)6)12-21(20)14-24(23)31-27;1-5-10(6-2)12(14)9-13(15)11(7-3)8-4;/h7-10,12-14H,15H2,1-6H3;9-11,14H,5-8H2,1-4H3;/q-1;;/b;12-9-;. The fourth-order valence-corrected chi connectivity index (χ4v) is 7.62. The molecule has 6 heteroatoms. The molecule has 2 heterocycles. The summed E-state index contributed by atoms with van der Waals surface area (Å²) in [6, 6.07) is 19.4. The molecule has 0 saturated carbocycles. The molecule has 3 aromatic carbocycles. The second-order valence-corrected chi connectivity index (χ2v) is 15.0. The third-order valence-corrected chi connectivity index (χ3v) is 9.97. The zero-order valence-corrected chi connectivity index (χ0v) is 33.0. The van der Waals surface area contributed by atoms with Gasteiger partial charge in [-0.05, 0) is 72.9 Å². The van der Waals surface area contributed by atoms with Crippen molar-refractivity contribution in [2.45, 2.75) is 101 Å². The van der Waals surface area contributed by atoms with Gasteiger partial charge >= 0.3 is 0 Å². The van der Waals surface area contributed by atoms with Gasteiger partial charge in [-0.25, -0.2) is 0 Å². The number of carbonyl (C=O) groups is 1. The van der Waals surface area contributed by atoms with Crippen molar-refractivity contribution < 1.29 is 30.0 Å². The summed E-state index contributed by atoms with van der Waals surface area (Å²) in [7, 11) is 0. The summed E-state index contributed by atoms with van der Waals surface area (Å²) in [5.41, 5.74) is 6.97. The Labute approximate surface area is 299 Å². The third-order valence-electron chi connectivity index (χ3n) is 8.81. The van der Waals surface area contributed by atoms with E-state index in [1.54, 1.807) is 0 Å². The van der Waals surface area contributed by atoms with Crippen LogP contribution in [0.2, 0.25) is 0 Å². The van der Waals surface area contributed by atoms with E-state index in [1.165, 1.54) is 48.1 Å². The number of hydrogen-bond donors (Lipinski definition) is 1. The number of aryl methyl sites for hydroxylation is 3. The number of carbonyl (C=O) groups excluding carboxylic acids is 1. The molecule has 0 amide bonds. The maximum Gasteiger partial charge on any atom is 0.162 e. The molecule has 0 aliphatic rings. The van der Waals surface area contributed by atoms with Crippen molar-refractivity contribution in [1.82, 2.24) is 10.2 Å². The Balaban J connectivity index is 0.000000322. The Bertz CT molecular complexity index is 1850. The molecule has 2 aromatic heterocycles. The average Bonchev–Trinajstić information content (AvgIpc) is 3.35. The normalized spacial score (nSPS) is 12.1. The summed E-state index contributed by atoms with van der Waals surface area (Å²) in [5, 5.41) is 24.0. The number of nitrogens with zero attached hydrogens (tertiary/aromatic N) is 2. The van der Waals surface area contributed by atoms with E-state index >= 15 is 0 Å². The van der Waals surface area contributed by atoms with Crippen molar-refractivity contribution in [3.05, 3.63) is 82.8 Å². The first kappa shape index (κ1) is 38.5. The minimum atomic E-state index is 0. The van der Waals surface area contributed by atoms with Gasteiger partial charge in [0.05, 0.1) is 11.5 Å². The topological polar surface area (TPSA) is 63.1 Å². The Morgan fingerprint density at radius 1 is 0.894 bits per heavy atom. The SMILES string of the molecule is CCC(CC)C(=O)/C=C(\O)C(CC)CC.Cc1[c-]c(-c2nnc(C)c3c2sc2cc4cc(CC(C)(C)C)ccc4cc23)cc(C)c1.[Ir]. The van der Waals surface area contributed by atoms with Gasteiger partial charge in [0.1, 0.15) is 0 Å². The van der Waals surface area contributed by atoms with E-state index in [1.807, 2.05) is 39.0 Å². The molecule has 47 heavy (non-hydrogen) atoms. The van der Waals surface area contributed by atoms with Crippen LogP contribution in [0.4, 0.5) is 0 Å². The molecule has 4 nitrogen and oxygen atoms in total. The monoisotopic (exact) mass is 828 g/mol. The Morgan fingerprint density at radius 2 is 1.55 bits per heavy atom. The number of hydrogen-bond acceptors (Lipinski definition) is 5. The second-order valence-electron chi connectivity index (χ2n) is 14.0. The summed E-state index contributed by atoms with van der Waals surface area (Å²) in [5.74, 6) is 0.547. The summed E-state index contributed by atoms with van der Waals surface area (Å²) in [6.07, 6.45) is 5.98. The number of aromatic nitrogens is 2. The van der Waals surface area contributed by atoms with E-state index in [-0.39, 0.29) is 48.9 Å². The predicted octanol–water partition coefficient (Wildman–Crippen LogP) is 11.8. The molecular formula is C41H51IrN2O2S-. The number of aliphatic hydroxyl groups is 1. The van der Waals surface area contributed by atoms with Crippen LogP contribution in [0, 0.1) is 44.1 Å². The molecule has 5 aromatic rings. The van der Waals surface area contributed by atoms with Gasteiger partial charge in [0, 0.05) is 63.9 Å². The van der Waals surface area contributed by atoms with Gasteiger partial charge in [0.2, 0.25) is 0 Å². The molecular weight excluding hydrogens is 777 g/mol.